The van der Waals surface area contributed by atoms with Crippen molar-refractivity contribution in [2.45, 2.75) is 39.2 Å². The SMILES string of the molecule is CC(C)(C)c1ccc(C(=O)NCCC(=O)N2CCN(Cc3cccnc3)CC2)cc1. The molecule has 1 fully saturated rings. The monoisotopic (exact) mass is 408 g/mol. The average molecular weight is 409 g/mol. The maximum absolute atomic E-state index is 12.5. The Morgan fingerprint density at radius 2 is 1.73 bits per heavy atom. The first-order valence-corrected chi connectivity index (χ1v) is 10.6. The highest BCUT2D eigenvalue weighted by Gasteiger charge is 2.21. The van der Waals surface area contributed by atoms with Gasteiger partial charge in [0, 0.05) is 63.6 Å². The highest BCUT2D eigenvalue weighted by atomic mass is 16.2. The van der Waals surface area contributed by atoms with Gasteiger partial charge in [-0.05, 0) is 34.7 Å². The third kappa shape index (κ3) is 6.13. The fraction of sp³-hybridized carbons (Fsp3) is 0.458. The van der Waals surface area contributed by atoms with Crippen LogP contribution in [-0.2, 0) is 16.8 Å². The largest absolute Gasteiger partial charge is 0.352 e. The summed E-state index contributed by atoms with van der Waals surface area (Å²) < 4.78 is 0. The molecule has 0 aliphatic carbocycles. The highest BCUT2D eigenvalue weighted by molar-refractivity contribution is 5.94. The molecule has 0 bridgehead atoms. The van der Waals surface area contributed by atoms with Gasteiger partial charge in [0.25, 0.3) is 5.91 Å². The standard InChI is InChI=1S/C24H32N4O2/c1-24(2,3)21-8-6-20(7-9-21)23(30)26-12-10-22(29)28-15-13-27(14-16-28)18-19-5-4-11-25-17-19/h4-9,11,17H,10,12-16,18H2,1-3H3,(H,26,30). The van der Waals surface area contributed by atoms with Crippen molar-refractivity contribution in [1.29, 1.82) is 0 Å². The lowest BCUT2D eigenvalue weighted by atomic mass is 9.87. The Morgan fingerprint density at radius 3 is 2.33 bits per heavy atom. The van der Waals surface area contributed by atoms with Crippen LogP contribution in [0.3, 0.4) is 0 Å². The van der Waals surface area contributed by atoms with Crippen molar-refractivity contribution in [3.8, 4) is 0 Å². The zero-order valence-electron chi connectivity index (χ0n) is 18.2. The predicted octanol–water partition coefficient (Wildman–Crippen LogP) is 2.84. The molecule has 1 aromatic heterocycles. The fourth-order valence-electron chi connectivity index (χ4n) is 3.57. The molecule has 6 nitrogen and oxygen atoms in total. The number of rotatable bonds is 6. The molecular formula is C24H32N4O2. The van der Waals surface area contributed by atoms with Crippen LogP contribution in [0.4, 0.5) is 0 Å². The highest BCUT2D eigenvalue weighted by Crippen LogP contribution is 2.22. The number of nitrogens with zero attached hydrogens (tertiary/aromatic N) is 3. The maximum Gasteiger partial charge on any atom is 0.251 e. The van der Waals surface area contributed by atoms with Crippen molar-refractivity contribution in [3.05, 3.63) is 65.5 Å². The van der Waals surface area contributed by atoms with E-state index < -0.39 is 0 Å². The van der Waals surface area contributed by atoms with Crippen LogP contribution >= 0.6 is 0 Å². The molecule has 3 rings (SSSR count). The van der Waals surface area contributed by atoms with E-state index in [9.17, 15) is 9.59 Å². The minimum Gasteiger partial charge on any atom is -0.352 e. The van der Waals surface area contributed by atoms with Gasteiger partial charge < -0.3 is 10.2 Å². The molecule has 0 saturated carbocycles. The van der Waals surface area contributed by atoms with Gasteiger partial charge in [0.15, 0.2) is 0 Å². The molecule has 0 atom stereocenters. The molecule has 0 radical (unpaired) electrons. The second kappa shape index (κ2) is 9.85. The molecule has 30 heavy (non-hydrogen) atoms. The lowest BCUT2D eigenvalue weighted by Crippen LogP contribution is -2.48. The van der Waals surface area contributed by atoms with Gasteiger partial charge in [-0.15, -0.1) is 0 Å². The van der Waals surface area contributed by atoms with Gasteiger partial charge >= 0.3 is 0 Å². The molecule has 1 aliphatic rings. The van der Waals surface area contributed by atoms with Crippen LogP contribution in [0.1, 0.15) is 48.7 Å². The first-order valence-electron chi connectivity index (χ1n) is 10.6. The zero-order valence-corrected chi connectivity index (χ0v) is 18.2. The Bertz CT molecular complexity index is 836. The number of nitrogens with one attached hydrogen (secondary N) is 1. The molecule has 1 N–H and O–H groups in total. The number of amides is 2. The maximum atomic E-state index is 12.5. The van der Waals surface area contributed by atoms with Crippen LogP contribution in [0.15, 0.2) is 48.8 Å². The Morgan fingerprint density at radius 1 is 1.03 bits per heavy atom. The molecule has 0 unspecified atom stereocenters. The van der Waals surface area contributed by atoms with Crippen molar-refractivity contribution in [2.75, 3.05) is 32.7 Å². The normalized spacial score (nSPS) is 15.1. The summed E-state index contributed by atoms with van der Waals surface area (Å²) >= 11 is 0. The van der Waals surface area contributed by atoms with Crippen LogP contribution in [0, 0.1) is 0 Å². The van der Waals surface area contributed by atoms with E-state index in [4.69, 9.17) is 0 Å². The molecule has 2 heterocycles. The third-order valence-electron chi connectivity index (χ3n) is 5.49. The molecule has 0 spiro atoms. The minimum absolute atomic E-state index is 0.0590. The smallest absolute Gasteiger partial charge is 0.251 e. The summed E-state index contributed by atoms with van der Waals surface area (Å²) in [6.07, 6.45) is 3.99. The van der Waals surface area contributed by atoms with Crippen LogP contribution < -0.4 is 5.32 Å². The Kier molecular flexibility index (Phi) is 7.21. The zero-order chi connectivity index (χ0) is 21.6. The average Bonchev–Trinajstić information content (AvgIpc) is 2.74. The van der Waals surface area contributed by atoms with E-state index in [0.29, 0.717) is 18.5 Å². The van der Waals surface area contributed by atoms with Gasteiger partial charge in [-0.25, -0.2) is 0 Å². The topological polar surface area (TPSA) is 65.5 Å². The van der Waals surface area contributed by atoms with Gasteiger partial charge in [0.2, 0.25) is 5.91 Å². The molecule has 2 amide bonds. The molecule has 1 saturated heterocycles. The number of carbonyl (C=O) groups is 2. The van der Waals surface area contributed by atoms with E-state index in [1.807, 2.05) is 41.4 Å². The van der Waals surface area contributed by atoms with Gasteiger partial charge in [-0.2, -0.15) is 0 Å². The van der Waals surface area contributed by atoms with Crippen LogP contribution in [-0.4, -0.2) is 59.3 Å². The van der Waals surface area contributed by atoms with E-state index in [1.54, 1.807) is 6.20 Å². The summed E-state index contributed by atoms with van der Waals surface area (Å²) in [5.41, 5.74) is 3.07. The number of hydrogen-bond donors (Lipinski definition) is 1. The van der Waals surface area contributed by atoms with E-state index in [1.165, 1.54) is 11.1 Å². The van der Waals surface area contributed by atoms with Crippen molar-refractivity contribution in [1.82, 2.24) is 20.1 Å². The summed E-state index contributed by atoms with van der Waals surface area (Å²) in [6.45, 7) is 10.8. The van der Waals surface area contributed by atoms with Crippen LogP contribution in [0.5, 0.6) is 0 Å². The lowest BCUT2D eigenvalue weighted by Gasteiger charge is -2.34. The van der Waals surface area contributed by atoms with Crippen molar-refractivity contribution < 1.29 is 9.59 Å². The van der Waals surface area contributed by atoms with Gasteiger partial charge in [-0.3, -0.25) is 19.5 Å². The lowest BCUT2D eigenvalue weighted by molar-refractivity contribution is -0.132. The Labute approximate surface area is 179 Å². The van der Waals surface area contributed by atoms with Crippen molar-refractivity contribution in [3.63, 3.8) is 0 Å². The van der Waals surface area contributed by atoms with Crippen molar-refractivity contribution in [2.24, 2.45) is 0 Å². The Balaban J connectivity index is 1.38. The molecule has 160 valence electrons. The van der Waals surface area contributed by atoms with E-state index in [2.05, 4.69) is 42.0 Å². The van der Waals surface area contributed by atoms with E-state index >= 15 is 0 Å². The second-order valence-electron chi connectivity index (χ2n) is 8.85. The van der Waals surface area contributed by atoms with Gasteiger partial charge in [-0.1, -0.05) is 39.0 Å². The molecule has 2 aromatic rings. The fourth-order valence-corrected chi connectivity index (χ4v) is 3.57. The summed E-state index contributed by atoms with van der Waals surface area (Å²) in [5, 5.41) is 2.86. The number of aromatic nitrogens is 1. The van der Waals surface area contributed by atoms with Gasteiger partial charge in [0.1, 0.15) is 0 Å². The molecule has 1 aromatic carbocycles. The second-order valence-corrected chi connectivity index (χ2v) is 8.85. The number of piperazine rings is 1. The van der Waals surface area contributed by atoms with E-state index in [-0.39, 0.29) is 17.2 Å². The third-order valence-corrected chi connectivity index (χ3v) is 5.49. The minimum atomic E-state index is -0.135. The first-order chi connectivity index (χ1) is 14.3. The van der Waals surface area contributed by atoms with Crippen molar-refractivity contribution >= 4 is 11.8 Å². The number of carbonyl (C=O) groups excluding carboxylic acids is 2. The predicted molar refractivity (Wildman–Crippen MR) is 118 cm³/mol. The van der Waals surface area contributed by atoms with Crippen LogP contribution in [0.2, 0.25) is 0 Å². The first kappa shape index (κ1) is 22.0. The number of hydrogen-bond acceptors (Lipinski definition) is 4. The number of benzene rings is 1. The summed E-state index contributed by atoms with van der Waals surface area (Å²) in [7, 11) is 0. The van der Waals surface area contributed by atoms with E-state index in [0.717, 1.165) is 32.7 Å². The van der Waals surface area contributed by atoms with Gasteiger partial charge in [0.05, 0.1) is 0 Å². The molecular weight excluding hydrogens is 376 g/mol. The Hall–Kier alpha value is -2.73. The number of pyridine rings is 1. The summed E-state index contributed by atoms with van der Waals surface area (Å²) in [5.74, 6) is -0.0380. The molecule has 1 aliphatic heterocycles. The molecule has 6 heteroatoms. The summed E-state index contributed by atoms with van der Waals surface area (Å²) in [6, 6.07) is 11.7. The summed E-state index contributed by atoms with van der Waals surface area (Å²) in [4.78, 5) is 33.2. The van der Waals surface area contributed by atoms with Crippen LogP contribution in [0.25, 0.3) is 0 Å². The quantitative estimate of drug-likeness (QED) is 0.798.